The molecule has 0 fully saturated rings. The molecular weight excluding hydrogens is 400 g/mol. The second kappa shape index (κ2) is 10.7. The lowest BCUT2D eigenvalue weighted by atomic mass is 10.2. The molecule has 6 nitrogen and oxygen atoms in total. The van der Waals surface area contributed by atoms with Crippen molar-refractivity contribution in [2.75, 3.05) is 12.0 Å². The molecule has 1 unspecified atom stereocenters. The van der Waals surface area contributed by atoms with Crippen LogP contribution in [0.3, 0.4) is 0 Å². The van der Waals surface area contributed by atoms with Crippen LogP contribution < -0.4 is 10.1 Å². The normalized spacial score (nSPS) is 11.9. The minimum atomic E-state index is -0.996. The third-order valence-electron chi connectivity index (χ3n) is 4.82. The standard InChI is InChI=1S/C23H26N2O4S/c1-30-14-11-20(23(27)28)24-22(26)10-13-25-12-9-18-7-8-19(15-21(18)25)29-16-17-5-3-2-4-6-17/h2-9,12,15,20H,10-11,13-14,16H2,1H3,(H,24,26)(H,27,28). The summed E-state index contributed by atoms with van der Waals surface area (Å²) in [7, 11) is 0. The molecule has 0 bridgehead atoms. The van der Waals surface area contributed by atoms with Crippen LogP contribution >= 0.6 is 11.8 Å². The van der Waals surface area contributed by atoms with Crippen molar-refractivity contribution in [2.45, 2.75) is 32.0 Å². The Morgan fingerprint density at radius 3 is 2.70 bits per heavy atom. The smallest absolute Gasteiger partial charge is 0.326 e. The number of rotatable bonds is 11. The zero-order chi connectivity index (χ0) is 21.3. The van der Waals surface area contributed by atoms with E-state index in [9.17, 15) is 14.7 Å². The maximum absolute atomic E-state index is 12.3. The average molecular weight is 427 g/mol. The molecule has 30 heavy (non-hydrogen) atoms. The molecule has 1 atom stereocenters. The van der Waals surface area contributed by atoms with Gasteiger partial charge in [0.1, 0.15) is 18.4 Å². The van der Waals surface area contributed by atoms with Crippen LogP contribution in [-0.2, 0) is 22.7 Å². The molecule has 1 heterocycles. The van der Waals surface area contributed by atoms with Crippen molar-refractivity contribution >= 4 is 34.5 Å². The molecule has 1 aromatic heterocycles. The fourth-order valence-corrected chi connectivity index (χ4v) is 3.64. The monoisotopic (exact) mass is 426 g/mol. The summed E-state index contributed by atoms with van der Waals surface area (Å²) < 4.78 is 7.89. The highest BCUT2D eigenvalue weighted by Gasteiger charge is 2.19. The van der Waals surface area contributed by atoms with Crippen molar-refractivity contribution in [1.82, 2.24) is 9.88 Å². The number of hydrogen-bond acceptors (Lipinski definition) is 4. The Labute approximate surface area is 180 Å². The molecule has 0 spiro atoms. The maximum Gasteiger partial charge on any atom is 0.326 e. The van der Waals surface area contributed by atoms with Gasteiger partial charge in [-0.2, -0.15) is 11.8 Å². The number of benzene rings is 2. The van der Waals surface area contributed by atoms with Gasteiger partial charge in [0.2, 0.25) is 5.91 Å². The number of nitrogens with one attached hydrogen (secondary N) is 1. The first-order chi connectivity index (χ1) is 14.6. The number of aromatic nitrogens is 1. The molecule has 2 aromatic carbocycles. The molecule has 0 radical (unpaired) electrons. The Balaban J connectivity index is 1.60. The molecule has 7 heteroatoms. The molecule has 0 aliphatic rings. The van der Waals surface area contributed by atoms with Crippen molar-refractivity contribution in [3.63, 3.8) is 0 Å². The number of fused-ring (bicyclic) bond motifs is 1. The maximum atomic E-state index is 12.3. The minimum Gasteiger partial charge on any atom is -0.489 e. The molecular formula is C23H26N2O4S. The number of carbonyl (C=O) groups is 2. The number of hydrogen-bond donors (Lipinski definition) is 2. The van der Waals surface area contributed by atoms with Gasteiger partial charge in [-0.3, -0.25) is 4.79 Å². The summed E-state index contributed by atoms with van der Waals surface area (Å²) in [6.07, 6.45) is 4.47. The predicted octanol–water partition coefficient (Wildman–Crippen LogP) is 3.93. The SMILES string of the molecule is CSCCC(NC(=O)CCn1ccc2ccc(OCc3ccccc3)cc21)C(=O)O. The number of carboxylic acids is 1. The van der Waals surface area contributed by atoms with Crippen LogP contribution in [0.4, 0.5) is 0 Å². The zero-order valence-corrected chi connectivity index (χ0v) is 17.7. The van der Waals surface area contributed by atoms with Gasteiger partial charge in [0.25, 0.3) is 0 Å². The van der Waals surface area contributed by atoms with Gasteiger partial charge >= 0.3 is 5.97 Å². The average Bonchev–Trinajstić information content (AvgIpc) is 3.16. The molecule has 0 saturated carbocycles. The lowest BCUT2D eigenvalue weighted by Crippen LogP contribution is -2.41. The summed E-state index contributed by atoms with van der Waals surface area (Å²) in [4.78, 5) is 23.6. The van der Waals surface area contributed by atoms with Crippen molar-refractivity contribution < 1.29 is 19.4 Å². The fraction of sp³-hybridized carbons (Fsp3) is 0.304. The van der Waals surface area contributed by atoms with Gasteiger partial charge < -0.3 is 19.7 Å². The molecule has 3 aromatic rings. The third kappa shape index (κ3) is 6.03. The van der Waals surface area contributed by atoms with Crippen molar-refractivity contribution in [3.8, 4) is 5.75 Å². The highest BCUT2D eigenvalue weighted by Crippen LogP contribution is 2.23. The lowest BCUT2D eigenvalue weighted by molar-refractivity contribution is -0.141. The van der Waals surface area contributed by atoms with Gasteiger partial charge in [-0.05, 0) is 47.6 Å². The number of nitrogens with zero attached hydrogens (tertiary/aromatic N) is 1. The van der Waals surface area contributed by atoms with E-state index in [4.69, 9.17) is 4.74 Å². The van der Waals surface area contributed by atoms with E-state index >= 15 is 0 Å². The summed E-state index contributed by atoms with van der Waals surface area (Å²) in [6.45, 7) is 0.953. The highest BCUT2D eigenvalue weighted by atomic mass is 32.2. The molecule has 0 aliphatic carbocycles. The van der Waals surface area contributed by atoms with E-state index in [-0.39, 0.29) is 12.3 Å². The van der Waals surface area contributed by atoms with Gasteiger partial charge in [-0.15, -0.1) is 0 Å². The van der Waals surface area contributed by atoms with Gasteiger partial charge in [-0.1, -0.05) is 30.3 Å². The Morgan fingerprint density at radius 1 is 1.17 bits per heavy atom. The van der Waals surface area contributed by atoms with Crippen LogP contribution in [0.5, 0.6) is 5.75 Å². The quantitative estimate of drug-likeness (QED) is 0.486. The van der Waals surface area contributed by atoms with Crippen molar-refractivity contribution in [2.24, 2.45) is 0 Å². The van der Waals surface area contributed by atoms with E-state index in [2.05, 4.69) is 5.32 Å². The molecule has 0 aliphatic heterocycles. The van der Waals surface area contributed by atoms with Crippen LogP contribution in [0.1, 0.15) is 18.4 Å². The van der Waals surface area contributed by atoms with Crippen LogP contribution in [0.15, 0.2) is 60.8 Å². The topological polar surface area (TPSA) is 80.6 Å². The van der Waals surface area contributed by atoms with E-state index in [0.29, 0.717) is 25.3 Å². The van der Waals surface area contributed by atoms with E-state index in [0.717, 1.165) is 22.2 Å². The zero-order valence-electron chi connectivity index (χ0n) is 16.9. The van der Waals surface area contributed by atoms with Gasteiger partial charge in [0, 0.05) is 25.2 Å². The second-order valence-corrected chi connectivity index (χ2v) is 7.98. The van der Waals surface area contributed by atoms with E-state index in [1.165, 1.54) is 0 Å². The summed E-state index contributed by atoms with van der Waals surface area (Å²) in [6, 6.07) is 17.0. The number of amides is 1. The molecule has 3 rings (SSSR count). The largest absolute Gasteiger partial charge is 0.489 e. The number of ether oxygens (including phenoxy) is 1. The first-order valence-corrected chi connectivity index (χ1v) is 11.2. The van der Waals surface area contributed by atoms with Gasteiger partial charge in [0.05, 0.1) is 5.52 Å². The first-order valence-electron chi connectivity index (χ1n) is 9.83. The Morgan fingerprint density at radius 2 is 1.97 bits per heavy atom. The summed E-state index contributed by atoms with van der Waals surface area (Å²) in [5.41, 5.74) is 2.07. The molecule has 158 valence electrons. The molecule has 2 N–H and O–H groups in total. The molecule has 1 amide bonds. The number of thioether (sulfide) groups is 1. The van der Waals surface area contributed by atoms with E-state index in [1.807, 2.05) is 71.6 Å². The third-order valence-corrected chi connectivity index (χ3v) is 5.46. The van der Waals surface area contributed by atoms with Crippen LogP contribution in [-0.4, -0.2) is 39.6 Å². The number of carbonyl (C=O) groups excluding carboxylic acids is 1. The summed E-state index contributed by atoms with van der Waals surface area (Å²) in [5, 5.41) is 12.9. The number of carboxylic acid groups (broad SMARTS) is 1. The highest BCUT2D eigenvalue weighted by molar-refractivity contribution is 7.98. The lowest BCUT2D eigenvalue weighted by Gasteiger charge is -2.14. The van der Waals surface area contributed by atoms with Crippen LogP contribution in [0, 0.1) is 0 Å². The van der Waals surface area contributed by atoms with Crippen LogP contribution in [0.25, 0.3) is 10.9 Å². The van der Waals surface area contributed by atoms with Crippen LogP contribution in [0.2, 0.25) is 0 Å². The van der Waals surface area contributed by atoms with E-state index in [1.54, 1.807) is 11.8 Å². The van der Waals surface area contributed by atoms with Gasteiger partial charge in [0.15, 0.2) is 0 Å². The number of aliphatic carboxylic acids is 1. The number of aryl methyl sites for hydroxylation is 1. The molecule has 0 saturated heterocycles. The Bertz CT molecular complexity index is 987. The summed E-state index contributed by atoms with van der Waals surface area (Å²) in [5.74, 6) is 0.190. The van der Waals surface area contributed by atoms with E-state index < -0.39 is 12.0 Å². The fourth-order valence-electron chi connectivity index (χ4n) is 3.17. The van der Waals surface area contributed by atoms with Crippen molar-refractivity contribution in [1.29, 1.82) is 0 Å². The second-order valence-electron chi connectivity index (χ2n) is 6.99. The Kier molecular flexibility index (Phi) is 7.79. The Hall–Kier alpha value is -2.93. The first kappa shape index (κ1) is 21.8. The van der Waals surface area contributed by atoms with Gasteiger partial charge in [-0.25, -0.2) is 4.79 Å². The minimum absolute atomic E-state index is 0.210. The van der Waals surface area contributed by atoms with Crippen molar-refractivity contribution in [3.05, 3.63) is 66.4 Å². The summed E-state index contributed by atoms with van der Waals surface area (Å²) >= 11 is 1.56. The predicted molar refractivity (Wildman–Crippen MR) is 120 cm³/mol.